The van der Waals surface area contributed by atoms with Crippen molar-refractivity contribution in [2.75, 3.05) is 18.6 Å². The number of amides is 4. The van der Waals surface area contributed by atoms with Gasteiger partial charge in [-0.25, -0.2) is 4.79 Å². The molecule has 0 spiro atoms. The van der Waals surface area contributed by atoms with Crippen molar-refractivity contribution in [1.82, 2.24) is 21.3 Å². The van der Waals surface area contributed by atoms with Gasteiger partial charge in [-0.2, -0.15) is 11.8 Å². The number of phenolic OH excluding ortho intramolecular Hbond substituents is 1. The van der Waals surface area contributed by atoms with Crippen LogP contribution in [-0.4, -0.2) is 82.5 Å². The number of aromatic hydroxyl groups is 1. The van der Waals surface area contributed by atoms with Crippen LogP contribution in [0.3, 0.4) is 0 Å². The molecule has 2 rings (SSSR count). The smallest absolute Gasteiger partial charge is 0.326 e. The lowest BCUT2D eigenvalue weighted by atomic mass is 10.0. The molecule has 0 aromatic heterocycles. The molecule has 0 aliphatic carbocycles. The Hall–Kier alpha value is -4.10. The number of benzene rings is 2. The van der Waals surface area contributed by atoms with Crippen LogP contribution in [0, 0.1) is 0 Å². The average Bonchev–Trinajstić information content (AvgIpc) is 2.97. The number of phenols is 1. The molecule has 42 heavy (non-hydrogen) atoms. The third-order valence-corrected chi connectivity index (χ3v) is 6.99. The van der Waals surface area contributed by atoms with Gasteiger partial charge in [0.25, 0.3) is 0 Å². The molecule has 0 unspecified atom stereocenters. The van der Waals surface area contributed by atoms with Crippen molar-refractivity contribution in [2.24, 2.45) is 5.73 Å². The minimum absolute atomic E-state index is 0.0878. The van der Waals surface area contributed by atoms with Gasteiger partial charge in [0.1, 0.15) is 23.9 Å². The second kappa shape index (κ2) is 17.7. The Labute approximate surface area is 249 Å². The molecule has 0 heterocycles. The van der Waals surface area contributed by atoms with E-state index in [0.29, 0.717) is 12.2 Å². The van der Waals surface area contributed by atoms with E-state index in [2.05, 4.69) is 21.3 Å². The Kier molecular flexibility index (Phi) is 14.3. The number of rotatable bonds is 17. The zero-order chi connectivity index (χ0) is 31.1. The molecule has 0 bridgehead atoms. The van der Waals surface area contributed by atoms with Gasteiger partial charge in [-0.3, -0.25) is 19.2 Å². The molecule has 0 saturated heterocycles. The number of carboxylic acids is 1. The first kappa shape index (κ1) is 34.1. The second-order valence-electron chi connectivity index (χ2n) is 9.75. The highest BCUT2D eigenvalue weighted by Gasteiger charge is 2.27. The minimum Gasteiger partial charge on any atom is -0.508 e. The summed E-state index contributed by atoms with van der Waals surface area (Å²) in [6.45, 7) is 0.970. The number of hydrogen-bond donors (Lipinski definition) is 7. The summed E-state index contributed by atoms with van der Waals surface area (Å²) in [7, 11) is 0. The molecule has 2 aromatic carbocycles. The van der Waals surface area contributed by atoms with E-state index in [1.54, 1.807) is 12.1 Å². The summed E-state index contributed by atoms with van der Waals surface area (Å²) in [6, 6.07) is 11.4. The lowest BCUT2D eigenvalue weighted by Crippen LogP contribution is -2.54. The first-order valence-corrected chi connectivity index (χ1v) is 14.9. The van der Waals surface area contributed by atoms with Gasteiger partial charge in [0, 0.05) is 0 Å². The zero-order valence-electron chi connectivity index (χ0n) is 23.7. The standard InChI is InChI=1S/C29H39N5O7S/c1-18(32-27(38)22(30)16-20-8-11-21(35)12-9-20)26(37)31-17-25(36)33-23(13-10-19-6-4-3-5-7-19)28(39)34-24(29(40)41)14-15-42-2/h3-9,11-12,18,22-24,35H,10,13-17,30H2,1-2H3,(H,31,37)(H,32,38)(H,33,36)(H,34,39)(H,40,41)/t18-,22+,23+,24+/m1/s1. The number of nitrogens with one attached hydrogen (secondary N) is 4. The van der Waals surface area contributed by atoms with Gasteiger partial charge >= 0.3 is 5.97 Å². The Morgan fingerprint density at radius 1 is 0.833 bits per heavy atom. The van der Waals surface area contributed by atoms with E-state index < -0.39 is 60.3 Å². The average molecular weight is 602 g/mol. The maximum absolute atomic E-state index is 13.0. The van der Waals surface area contributed by atoms with Gasteiger partial charge < -0.3 is 37.2 Å². The SMILES string of the molecule is CSCC[C@H](NC(=O)[C@H](CCc1ccccc1)NC(=O)CNC(=O)[C@@H](C)NC(=O)[C@@H](N)Cc1ccc(O)cc1)C(=O)O. The molecule has 0 aliphatic heterocycles. The van der Waals surface area contributed by atoms with Crippen molar-refractivity contribution in [1.29, 1.82) is 0 Å². The number of aliphatic carboxylic acids is 1. The fraction of sp³-hybridized carbons (Fsp3) is 0.414. The maximum Gasteiger partial charge on any atom is 0.326 e. The molecule has 4 amide bonds. The summed E-state index contributed by atoms with van der Waals surface area (Å²) < 4.78 is 0. The van der Waals surface area contributed by atoms with Crippen LogP contribution in [0.25, 0.3) is 0 Å². The van der Waals surface area contributed by atoms with Gasteiger partial charge in [0.15, 0.2) is 0 Å². The number of carbonyl (C=O) groups excluding carboxylic acids is 4. The number of hydrogen-bond acceptors (Lipinski definition) is 8. The normalized spacial score (nSPS) is 13.6. The quantitative estimate of drug-likeness (QED) is 0.133. The van der Waals surface area contributed by atoms with Crippen LogP contribution >= 0.6 is 11.8 Å². The first-order valence-electron chi connectivity index (χ1n) is 13.5. The molecule has 228 valence electrons. The van der Waals surface area contributed by atoms with Crippen molar-refractivity contribution < 1.29 is 34.2 Å². The Morgan fingerprint density at radius 2 is 1.50 bits per heavy atom. The van der Waals surface area contributed by atoms with E-state index in [-0.39, 0.29) is 25.0 Å². The minimum atomic E-state index is -1.17. The van der Waals surface area contributed by atoms with Crippen LogP contribution in [-0.2, 0) is 36.8 Å². The summed E-state index contributed by atoms with van der Waals surface area (Å²) in [5.74, 6) is -3.05. The lowest BCUT2D eigenvalue weighted by molar-refractivity contribution is -0.142. The predicted octanol–water partition coefficient (Wildman–Crippen LogP) is 0.323. The van der Waals surface area contributed by atoms with Crippen LogP contribution in [0.1, 0.15) is 30.9 Å². The molecule has 13 heteroatoms. The summed E-state index contributed by atoms with van der Waals surface area (Å²) in [4.78, 5) is 62.3. The highest BCUT2D eigenvalue weighted by atomic mass is 32.2. The highest BCUT2D eigenvalue weighted by molar-refractivity contribution is 7.98. The number of thioether (sulfide) groups is 1. The predicted molar refractivity (Wildman–Crippen MR) is 160 cm³/mol. The molecule has 12 nitrogen and oxygen atoms in total. The molecule has 0 fully saturated rings. The Balaban J connectivity index is 1.92. The molecule has 0 radical (unpaired) electrons. The molecule has 0 aliphatic rings. The van der Waals surface area contributed by atoms with E-state index in [0.717, 1.165) is 11.1 Å². The molecule has 2 aromatic rings. The largest absolute Gasteiger partial charge is 0.508 e. The Bertz CT molecular complexity index is 1200. The molecule has 8 N–H and O–H groups in total. The topological polar surface area (TPSA) is 200 Å². The number of carboxylic acid groups (broad SMARTS) is 1. The highest BCUT2D eigenvalue weighted by Crippen LogP contribution is 2.11. The van der Waals surface area contributed by atoms with Crippen LogP contribution in [0.5, 0.6) is 5.75 Å². The van der Waals surface area contributed by atoms with E-state index in [1.807, 2.05) is 36.6 Å². The summed E-state index contributed by atoms with van der Waals surface area (Å²) in [5, 5.41) is 28.9. The van der Waals surface area contributed by atoms with Gasteiger partial charge in [0.2, 0.25) is 23.6 Å². The summed E-state index contributed by atoms with van der Waals surface area (Å²) in [6.07, 6.45) is 2.89. The fourth-order valence-corrected chi connectivity index (χ4v) is 4.39. The molecule has 4 atom stereocenters. The lowest BCUT2D eigenvalue weighted by Gasteiger charge is -2.22. The van der Waals surface area contributed by atoms with Gasteiger partial charge in [0.05, 0.1) is 12.6 Å². The third-order valence-electron chi connectivity index (χ3n) is 6.35. The van der Waals surface area contributed by atoms with E-state index in [4.69, 9.17) is 5.73 Å². The second-order valence-corrected chi connectivity index (χ2v) is 10.7. The van der Waals surface area contributed by atoms with Crippen molar-refractivity contribution >= 4 is 41.4 Å². The van der Waals surface area contributed by atoms with Crippen molar-refractivity contribution in [3.05, 3.63) is 65.7 Å². The van der Waals surface area contributed by atoms with Crippen LogP contribution < -0.4 is 27.0 Å². The fourth-order valence-electron chi connectivity index (χ4n) is 3.92. The van der Waals surface area contributed by atoms with E-state index in [1.165, 1.54) is 30.8 Å². The first-order chi connectivity index (χ1) is 20.0. The van der Waals surface area contributed by atoms with Crippen molar-refractivity contribution in [3.8, 4) is 5.75 Å². The third kappa shape index (κ3) is 12.2. The zero-order valence-corrected chi connectivity index (χ0v) is 24.5. The maximum atomic E-state index is 13.0. The van der Waals surface area contributed by atoms with Crippen LogP contribution in [0.15, 0.2) is 54.6 Å². The molecule has 0 saturated carbocycles. The monoisotopic (exact) mass is 601 g/mol. The molecular weight excluding hydrogens is 562 g/mol. The van der Waals surface area contributed by atoms with Crippen molar-refractivity contribution in [2.45, 2.75) is 56.8 Å². The molecular formula is C29H39N5O7S. The van der Waals surface area contributed by atoms with Gasteiger partial charge in [-0.05, 0) is 67.9 Å². The summed E-state index contributed by atoms with van der Waals surface area (Å²) >= 11 is 1.45. The van der Waals surface area contributed by atoms with Gasteiger partial charge in [-0.15, -0.1) is 0 Å². The number of carbonyl (C=O) groups is 5. The number of aryl methyl sites for hydroxylation is 1. The number of nitrogens with two attached hydrogens (primary N) is 1. The van der Waals surface area contributed by atoms with E-state index >= 15 is 0 Å². The summed E-state index contributed by atoms with van der Waals surface area (Å²) in [5.41, 5.74) is 7.61. The van der Waals surface area contributed by atoms with Crippen LogP contribution in [0.4, 0.5) is 0 Å². The van der Waals surface area contributed by atoms with Crippen LogP contribution in [0.2, 0.25) is 0 Å². The Morgan fingerprint density at radius 3 is 2.12 bits per heavy atom. The van der Waals surface area contributed by atoms with Crippen molar-refractivity contribution in [3.63, 3.8) is 0 Å². The van der Waals surface area contributed by atoms with E-state index in [9.17, 15) is 34.2 Å². The van der Waals surface area contributed by atoms with Gasteiger partial charge in [-0.1, -0.05) is 42.5 Å².